The van der Waals surface area contributed by atoms with Crippen molar-refractivity contribution in [3.05, 3.63) is 42.0 Å². The lowest BCUT2D eigenvalue weighted by Gasteiger charge is -2.15. The molecule has 0 aliphatic heterocycles. The average Bonchev–Trinajstić information content (AvgIpc) is 2.23. The van der Waals surface area contributed by atoms with E-state index in [1.807, 2.05) is 0 Å². The van der Waals surface area contributed by atoms with E-state index in [0.29, 0.717) is 6.42 Å². The summed E-state index contributed by atoms with van der Waals surface area (Å²) in [6.45, 7) is 4.94. The van der Waals surface area contributed by atoms with E-state index in [4.69, 9.17) is 9.84 Å². The zero-order valence-corrected chi connectivity index (χ0v) is 9.04. The first kappa shape index (κ1) is 12.6. The summed E-state index contributed by atoms with van der Waals surface area (Å²) >= 11 is 0. The van der Waals surface area contributed by atoms with E-state index in [9.17, 15) is 8.78 Å². The topological polar surface area (TPSA) is 29.5 Å². The number of hydrogen-bond acceptors (Lipinski definition) is 2. The van der Waals surface area contributed by atoms with Gasteiger partial charge in [-0.1, -0.05) is 6.08 Å². The first-order chi connectivity index (χ1) is 7.58. The van der Waals surface area contributed by atoms with Crippen molar-refractivity contribution in [3.8, 4) is 5.75 Å². The first-order valence-corrected chi connectivity index (χ1v) is 4.94. The van der Waals surface area contributed by atoms with Gasteiger partial charge in [0.1, 0.15) is 5.75 Å². The van der Waals surface area contributed by atoms with Gasteiger partial charge in [0.2, 0.25) is 0 Å². The molecule has 2 nitrogen and oxygen atoms in total. The summed E-state index contributed by atoms with van der Waals surface area (Å²) in [7, 11) is 0. The summed E-state index contributed by atoms with van der Waals surface area (Å²) in [5, 5.41) is 8.99. The summed E-state index contributed by atoms with van der Waals surface area (Å²) in [5.41, 5.74) is 0.231. The third-order valence-electron chi connectivity index (χ3n) is 2.10. The maximum Gasteiger partial charge on any atom is 0.162 e. The minimum absolute atomic E-state index is 0.163. The number of aliphatic hydroxyl groups excluding tert-OH is 1. The Morgan fingerprint density at radius 1 is 1.44 bits per heavy atom. The van der Waals surface area contributed by atoms with Crippen molar-refractivity contribution in [2.24, 2.45) is 0 Å². The minimum atomic E-state index is -0.993. The summed E-state index contributed by atoms with van der Waals surface area (Å²) in [6, 6.07) is 1.88. The molecule has 16 heavy (non-hydrogen) atoms. The molecule has 0 saturated heterocycles. The highest BCUT2D eigenvalue weighted by Crippen LogP contribution is 2.24. The van der Waals surface area contributed by atoms with Gasteiger partial charge in [-0.2, -0.15) is 0 Å². The maximum atomic E-state index is 13.0. The Kier molecular flexibility index (Phi) is 4.43. The molecule has 1 N–H and O–H groups in total. The van der Waals surface area contributed by atoms with Crippen LogP contribution in [-0.2, 0) is 6.61 Å². The fourth-order valence-corrected chi connectivity index (χ4v) is 1.30. The fourth-order valence-electron chi connectivity index (χ4n) is 1.30. The molecule has 1 rings (SSSR count). The second-order valence-corrected chi connectivity index (χ2v) is 3.48. The molecular weight excluding hydrogens is 214 g/mol. The van der Waals surface area contributed by atoms with Crippen LogP contribution in [0.15, 0.2) is 24.8 Å². The second kappa shape index (κ2) is 5.61. The Bertz CT molecular complexity index is 378. The van der Waals surface area contributed by atoms with Crippen molar-refractivity contribution in [2.45, 2.75) is 26.1 Å². The highest BCUT2D eigenvalue weighted by Gasteiger charge is 2.12. The lowest BCUT2D eigenvalue weighted by atomic mass is 10.2. The van der Waals surface area contributed by atoms with Gasteiger partial charge in [-0.15, -0.1) is 6.58 Å². The molecular formula is C12H14F2O2. The third kappa shape index (κ3) is 3.03. The molecule has 0 fully saturated rings. The van der Waals surface area contributed by atoms with Crippen molar-refractivity contribution in [1.82, 2.24) is 0 Å². The van der Waals surface area contributed by atoms with Gasteiger partial charge in [0, 0.05) is 18.1 Å². The SMILES string of the molecule is C=CCC(C)Oc1cc(F)c(F)cc1CO. The predicted molar refractivity (Wildman–Crippen MR) is 57.2 cm³/mol. The van der Waals surface area contributed by atoms with E-state index >= 15 is 0 Å². The fraction of sp³-hybridized carbons (Fsp3) is 0.333. The minimum Gasteiger partial charge on any atom is -0.490 e. The van der Waals surface area contributed by atoms with E-state index in [1.165, 1.54) is 0 Å². The number of halogens is 2. The molecule has 0 bridgehead atoms. The summed E-state index contributed by atoms with van der Waals surface area (Å²) in [4.78, 5) is 0. The highest BCUT2D eigenvalue weighted by molar-refractivity contribution is 5.34. The zero-order chi connectivity index (χ0) is 12.1. The molecule has 0 aliphatic rings. The molecule has 4 heteroatoms. The van der Waals surface area contributed by atoms with Crippen molar-refractivity contribution < 1.29 is 18.6 Å². The van der Waals surface area contributed by atoms with Crippen LogP contribution in [0.2, 0.25) is 0 Å². The largest absolute Gasteiger partial charge is 0.490 e. The quantitative estimate of drug-likeness (QED) is 0.785. The van der Waals surface area contributed by atoms with Gasteiger partial charge in [-0.05, 0) is 13.0 Å². The van der Waals surface area contributed by atoms with E-state index in [2.05, 4.69) is 6.58 Å². The van der Waals surface area contributed by atoms with Gasteiger partial charge >= 0.3 is 0 Å². The standard InChI is InChI=1S/C12H14F2O2/c1-3-4-8(2)16-12-6-11(14)10(13)5-9(12)7-15/h3,5-6,8,15H,1,4,7H2,2H3. The van der Waals surface area contributed by atoms with Crippen LogP contribution in [0.1, 0.15) is 18.9 Å². The number of aliphatic hydroxyl groups is 1. The van der Waals surface area contributed by atoms with Crippen LogP contribution in [0.25, 0.3) is 0 Å². The molecule has 0 radical (unpaired) electrons. The predicted octanol–water partition coefficient (Wildman–Crippen LogP) is 2.80. The molecule has 1 aromatic rings. The van der Waals surface area contributed by atoms with Crippen LogP contribution in [0.4, 0.5) is 8.78 Å². The Morgan fingerprint density at radius 2 is 2.06 bits per heavy atom. The molecule has 88 valence electrons. The van der Waals surface area contributed by atoms with E-state index in [-0.39, 0.29) is 17.4 Å². The second-order valence-electron chi connectivity index (χ2n) is 3.48. The molecule has 0 saturated carbocycles. The zero-order valence-electron chi connectivity index (χ0n) is 9.04. The van der Waals surface area contributed by atoms with Gasteiger partial charge in [-0.25, -0.2) is 8.78 Å². The molecule has 0 spiro atoms. The molecule has 1 unspecified atom stereocenters. The molecule has 0 aliphatic carbocycles. The van der Waals surface area contributed by atoms with Crippen molar-refractivity contribution in [1.29, 1.82) is 0 Å². The van der Waals surface area contributed by atoms with Crippen LogP contribution < -0.4 is 4.74 Å². The normalized spacial score (nSPS) is 12.2. The number of hydrogen-bond donors (Lipinski definition) is 1. The van der Waals surface area contributed by atoms with Crippen molar-refractivity contribution in [2.75, 3.05) is 0 Å². The number of rotatable bonds is 5. The van der Waals surface area contributed by atoms with Gasteiger partial charge in [-0.3, -0.25) is 0 Å². The van der Waals surface area contributed by atoms with Crippen molar-refractivity contribution >= 4 is 0 Å². The summed E-state index contributed by atoms with van der Waals surface area (Å²) < 4.78 is 31.2. The first-order valence-electron chi connectivity index (χ1n) is 4.94. The van der Waals surface area contributed by atoms with Crippen LogP contribution in [0.5, 0.6) is 5.75 Å². The van der Waals surface area contributed by atoms with Gasteiger partial charge in [0.15, 0.2) is 11.6 Å². The molecule has 0 heterocycles. The number of benzene rings is 1. The maximum absolute atomic E-state index is 13.0. The Morgan fingerprint density at radius 3 is 2.62 bits per heavy atom. The summed E-state index contributed by atoms with van der Waals surface area (Å²) in [5.74, 6) is -1.82. The Labute approximate surface area is 93.2 Å². The van der Waals surface area contributed by atoms with Gasteiger partial charge < -0.3 is 9.84 Å². The van der Waals surface area contributed by atoms with Crippen LogP contribution >= 0.6 is 0 Å². The van der Waals surface area contributed by atoms with Crippen LogP contribution in [-0.4, -0.2) is 11.2 Å². The molecule has 0 amide bonds. The smallest absolute Gasteiger partial charge is 0.162 e. The Hall–Kier alpha value is -1.42. The lowest BCUT2D eigenvalue weighted by Crippen LogP contribution is -2.12. The molecule has 0 aromatic heterocycles. The third-order valence-corrected chi connectivity index (χ3v) is 2.10. The van der Waals surface area contributed by atoms with Crippen LogP contribution in [0.3, 0.4) is 0 Å². The van der Waals surface area contributed by atoms with E-state index in [1.54, 1.807) is 13.0 Å². The Balaban J connectivity index is 2.93. The highest BCUT2D eigenvalue weighted by atomic mass is 19.2. The van der Waals surface area contributed by atoms with Crippen LogP contribution in [0, 0.1) is 11.6 Å². The van der Waals surface area contributed by atoms with E-state index < -0.39 is 18.2 Å². The number of ether oxygens (including phenoxy) is 1. The average molecular weight is 228 g/mol. The monoisotopic (exact) mass is 228 g/mol. The van der Waals surface area contributed by atoms with Gasteiger partial charge in [0.25, 0.3) is 0 Å². The molecule has 1 atom stereocenters. The summed E-state index contributed by atoms with van der Waals surface area (Å²) in [6.07, 6.45) is 2.06. The van der Waals surface area contributed by atoms with Crippen molar-refractivity contribution in [3.63, 3.8) is 0 Å². The lowest BCUT2D eigenvalue weighted by molar-refractivity contribution is 0.210. The molecule has 1 aromatic carbocycles. The van der Waals surface area contributed by atoms with Gasteiger partial charge in [0.05, 0.1) is 12.7 Å². The van der Waals surface area contributed by atoms with E-state index in [0.717, 1.165) is 12.1 Å².